The summed E-state index contributed by atoms with van der Waals surface area (Å²) in [6.45, 7) is 2.08. The summed E-state index contributed by atoms with van der Waals surface area (Å²) in [4.78, 5) is 10.3. The van der Waals surface area contributed by atoms with Crippen LogP contribution in [0.5, 0.6) is 5.75 Å². The van der Waals surface area contributed by atoms with Crippen molar-refractivity contribution in [1.82, 2.24) is 0 Å². The van der Waals surface area contributed by atoms with Crippen LogP contribution in [0.15, 0.2) is 18.2 Å². The summed E-state index contributed by atoms with van der Waals surface area (Å²) < 4.78 is 5.22. The number of rotatable bonds is 6. The monoisotopic (exact) mass is 240 g/mol. The molecular formula is C11H16N2O4. The minimum Gasteiger partial charge on any atom is -0.484 e. The van der Waals surface area contributed by atoms with Crippen molar-refractivity contribution in [1.29, 1.82) is 0 Å². The van der Waals surface area contributed by atoms with Gasteiger partial charge in [-0.2, -0.15) is 0 Å². The van der Waals surface area contributed by atoms with Crippen LogP contribution in [0.2, 0.25) is 0 Å². The maximum atomic E-state index is 10.8. The van der Waals surface area contributed by atoms with Crippen LogP contribution in [0.1, 0.15) is 18.9 Å². The molecule has 1 atom stereocenters. The molecule has 0 heterocycles. The number of hydrogen-bond donors (Lipinski definition) is 2. The summed E-state index contributed by atoms with van der Waals surface area (Å²) in [5.74, 6) is 0.153. The van der Waals surface area contributed by atoms with E-state index in [4.69, 9.17) is 10.5 Å². The SMILES string of the molecule is CCC(O)COc1ccc(CN)cc1[N+](=O)[O-]. The van der Waals surface area contributed by atoms with E-state index in [1.807, 2.05) is 0 Å². The van der Waals surface area contributed by atoms with Gasteiger partial charge in [-0.15, -0.1) is 0 Å². The molecule has 0 spiro atoms. The van der Waals surface area contributed by atoms with Crippen molar-refractivity contribution < 1.29 is 14.8 Å². The van der Waals surface area contributed by atoms with Gasteiger partial charge in [-0.3, -0.25) is 10.1 Å². The highest BCUT2D eigenvalue weighted by Gasteiger charge is 2.16. The Kier molecular flexibility index (Phi) is 4.86. The molecule has 0 aliphatic rings. The highest BCUT2D eigenvalue weighted by atomic mass is 16.6. The Balaban J connectivity index is 2.87. The highest BCUT2D eigenvalue weighted by Crippen LogP contribution is 2.28. The first-order chi connectivity index (χ1) is 8.08. The summed E-state index contributed by atoms with van der Waals surface area (Å²) in [5, 5.41) is 20.2. The van der Waals surface area contributed by atoms with Gasteiger partial charge in [0.05, 0.1) is 11.0 Å². The topological polar surface area (TPSA) is 98.6 Å². The highest BCUT2D eigenvalue weighted by molar-refractivity contribution is 5.48. The van der Waals surface area contributed by atoms with E-state index >= 15 is 0 Å². The van der Waals surface area contributed by atoms with Gasteiger partial charge in [-0.25, -0.2) is 0 Å². The van der Waals surface area contributed by atoms with E-state index in [2.05, 4.69) is 0 Å². The Hall–Kier alpha value is -1.66. The van der Waals surface area contributed by atoms with Gasteiger partial charge in [0, 0.05) is 12.6 Å². The van der Waals surface area contributed by atoms with E-state index < -0.39 is 11.0 Å². The number of nitrogens with two attached hydrogens (primary N) is 1. The molecule has 0 fully saturated rings. The number of ether oxygens (including phenoxy) is 1. The molecule has 0 aliphatic carbocycles. The lowest BCUT2D eigenvalue weighted by Gasteiger charge is -2.10. The molecule has 1 rings (SSSR count). The first kappa shape index (κ1) is 13.4. The summed E-state index contributed by atoms with van der Waals surface area (Å²) in [7, 11) is 0. The van der Waals surface area contributed by atoms with Crippen molar-refractivity contribution in [3.05, 3.63) is 33.9 Å². The van der Waals surface area contributed by atoms with Gasteiger partial charge in [0.25, 0.3) is 0 Å². The molecule has 1 unspecified atom stereocenters. The maximum Gasteiger partial charge on any atom is 0.311 e. The third-order valence-electron chi connectivity index (χ3n) is 2.36. The van der Waals surface area contributed by atoms with Gasteiger partial charge in [0.2, 0.25) is 0 Å². The molecule has 1 aromatic carbocycles. The van der Waals surface area contributed by atoms with E-state index in [0.717, 1.165) is 0 Å². The molecule has 94 valence electrons. The molecule has 0 saturated carbocycles. The molecule has 17 heavy (non-hydrogen) atoms. The average Bonchev–Trinajstić information content (AvgIpc) is 2.35. The smallest absolute Gasteiger partial charge is 0.311 e. The van der Waals surface area contributed by atoms with Gasteiger partial charge in [0.15, 0.2) is 5.75 Å². The zero-order chi connectivity index (χ0) is 12.8. The zero-order valence-electron chi connectivity index (χ0n) is 9.63. The Bertz CT molecular complexity index is 395. The lowest BCUT2D eigenvalue weighted by molar-refractivity contribution is -0.386. The molecule has 6 nitrogen and oxygen atoms in total. The molecule has 0 aliphatic heterocycles. The number of hydrogen-bond acceptors (Lipinski definition) is 5. The van der Waals surface area contributed by atoms with Crippen molar-refractivity contribution in [3.8, 4) is 5.75 Å². The van der Waals surface area contributed by atoms with Gasteiger partial charge in [-0.05, 0) is 18.1 Å². The molecular weight excluding hydrogens is 224 g/mol. The van der Waals surface area contributed by atoms with Gasteiger partial charge >= 0.3 is 5.69 Å². The molecule has 0 radical (unpaired) electrons. The number of aliphatic hydroxyl groups is 1. The van der Waals surface area contributed by atoms with Crippen LogP contribution in [0, 0.1) is 10.1 Å². The van der Waals surface area contributed by atoms with Crippen molar-refractivity contribution >= 4 is 5.69 Å². The average molecular weight is 240 g/mol. The van der Waals surface area contributed by atoms with Crippen LogP contribution in [-0.4, -0.2) is 22.7 Å². The first-order valence-corrected chi connectivity index (χ1v) is 5.36. The largest absolute Gasteiger partial charge is 0.484 e. The normalized spacial score (nSPS) is 12.2. The van der Waals surface area contributed by atoms with Crippen LogP contribution in [0.4, 0.5) is 5.69 Å². The lowest BCUT2D eigenvalue weighted by Crippen LogP contribution is -2.16. The molecule has 0 amide bonds. The zero-order valence-corrected chi connectivity index (χ0v) is 9.63. The fourth-order valence-corrected chi connectivity index (χ4v) is 1.26. The van der Waals surface area contributed by atoms with E-state index in [9.17, 15) is 15.2 Å². The van der Waals surface area contributed by atoms with Crippen molar-refractivity contribution in [2.45, 2.75) is 26.0 Å². The van der Waals surface area contributed by atoms with E-state index in [1.165, 1.54) is 12.1 Å². The first-order valence-electron chi connectivity index (χ1n) is 5.36. The fraction of sp³-hybridized carbons (Fsp3) is 0.455. The van der Waals surface area contributed by atoms with Gasteiger partial charge < -0.3 is 15.6 Å². The molecule has 1 aromatic rings. The van der Waals surface area contributed by atoms with Gasteiger partial charge in [0.1, 0.15) is 6.61 Å². The van der Waals surface area contributed by atoms with E-state index in [0.29, 0.717) is 12.0 Å². The van der Waals surface area contributed by atoms with Crippen LogP contribution >= 0.6 is 0 Å². The second-order valence-corrected chi connectivity index (χ2v) is 3.64. The summed E-state index contributed by atoms with van der Waals surface area (Å²) >= 11 is 0. The van der Waals surface area contributed by atoms with Crippen molar-refractivity contribution in [3.63, 3.8) is 0 Å². The quantitative estimate of drug-likeness (QED) is 0.575. The van der Waals surface area contributed by atoms with Crippen LogP contribution in [0.3, 0.4) is 0 Å². The summed E-state index contributed by atoms with van der Waals surface area (Å²) in [5.41, 5.74) is 5.95. The third-order valence-corrected chi connectivity index (χ3v) is 2.36. The molecule has 0 aromatic heterocycles. The summed E-state index contributed by atoms with van der Waals surface area (Å²) in [6.07, 6.45) is -0.0851. The van der Waals surface area contributed by atoms with E-state index in [1.54, 1.807) is 13.0 Å². The summed E-state index contributed by atoms with van der Waals surface area (Å²) in [6, 6.07) is 4.55. The molecule has 6 heteroatoms. The Morgan fingerprint density at radius 3 is 2.82 bits per heavy atom. The lowest BCUT2D eigenvalue weighted by atomic mass is 10.2. The predicted molar refractivity (Wildman–Crippen MR) is 62.8 cm³/mol. The number of nitrogens with zero attached hydrogens (tertiary/aromatic N) is 1. The number of nitro benzene ring substituents is 1. The number of nitro groups is 1. The van der Waals surface area contributed by atoms with Crippen LogP contribution in [0.25, 0.3) is 0 Å². The molecule has 0 bridgehead atoms. The maximum absolute atomic E-state index is 10.8. The minimum absolute atomic E-state index is 0.0410. The third kappa shape index (κ3) is 3.69. The second-order valence-electron chi connectivity index (χ2n) is 3.64. The Morgan fingerprint density at radius 1 is 1.59 bits per heavy atom. The Morgan fingerprint density at radius 2 is 2.29 bits per heavy atom. The van der Waals surface area contributed by atoms with Gasteiger partial charge in [-0.1, -0.05) is 13.0 Å². The second kappa shape index (κ2) is 6.17. The standard InChI is InChI=1S/C11H16N2O4/c1-2-9(14)7-17-11-4-3-8(6-12)5-10(11)13(15)16/h3-5,9,14H,2,6-7,12H2,1H3. The number of benzene rings is 1. The van der Waals surface area contributed by atoms with Crippen molar-refractivity contribution in [2.75, 3.05) is 6.61 Å². The molecule has 3 N–H and O–H groups in total. The predicted octanol–water partition coefficient (Wildman–Crippen LogP) is 1.20. The minimum atomic E-state index is -0.621. The fourth-order valence-electron chi connectivity index (χ4n) is 1.26. The van der Waals surface area contributed by atoms with Crippen LogP contribution < -0.4 is 10.5 Å². The van der Waals surface area contributed by atoms with Crippen LogP contribution in [-0.2, 0) is 6.54 Å². The van der Waals surface area contributed by atoms with E-state index in [-0.39, 0.29) is 24.6 Å². The Labute approximate surface area is 99.2 Å². The van der Waals surface area contributed by atoms with Crippen molar-refractivity contribution in [2.24, 2.45) is 5.73 Å². The molecule has 0 saturated heterocycles. The number of aliphatic hydroxyl groups excluding tert-OH is 1.